The zero-order chi connectivity index (χ0) is 13.9. The van der Waals surface area contributed by atoms with Crippen LogP contribution in [0.25, 0.3) is 0 Å². The highest BCUT2D eigenvalue weighted by Gasteiger charge is 2.25. The van der Waals surface area contributed by atoms with Gasteiger partial charge in [-0.2, -0.15) is 0 Å². The van der Waals surface area contributed by atoms with Crippen LogP contribution in [0.15, 0.2) is 6.07 Å². The van der Waals surface area contributed by atoms with Gasteiger partial charge in [0.1, 0.15) is 11.5 Å². The lowest BCUT2D eigenvalue weighted by atomic mass is 9.99. The van der Waals surface area contributed by atoms with Crippen LogP contribution < -0.4 is 4.74 Å². The van der Waals surface area contributed by atoms with Gasteiger partial charge in [-0.15, -0.1) is 0 Å². The van der Waals surface area contributed by atoms with Gasteiger partial charge < -0.3 is 19.7 Å². The number of methoxy groups -OCH3 is 1. The summed E-state index contributed by atoms with van der Waals surface area (Å²) in [5.74, 6) is -0.407. The van der Waals surface area contributed by atoms with Crippen molar-refractivity contribution in [2.24, 2.45) is 0 Å². The van der Waals surface area contributed by atoms with Gasteiger partial charge in [0.25, 0.3) is 0 Å². The maximum atomic E-state index is 11.5. The van der Waals surface area contributed by atoms with Gasteiger partial charge in [0.15, 0.2) is 6.10 Å². The quantitative estimate of drug-likeness (QED) is 0.798. The van der Waals surface area contributed by atoms with Gasteiger partial charge in [0, 0.05) is 5.56 Å². The molecule has 0 aliphatic heterocycles. The Morgan fingerprint density at radius 2 is 2.00 bits per heavy atom. The fourth-order valence-electron chi connectivity index (χ4n) is 1.67. The lowest BCUT2D eigenvalue weighted by Crippen LogP contribution is -2.16. The maximum absolute atomic E-state index is 11.5. The largest absolute Gasteiger partial charge is 0.507 e. The van der Waals surface area contributed by atoms with Gasteiger partial charge in [0.05, 0.1) is 13.7 Å². The minimum atomic E-state index is -1.52. The zero-order valence-electron chi connectivity index (χ0n) is 11.0. The Kier molecular flexibility index (Phi) is 4.55. The van der Waals surface area contributed by atoms with E-state index in [0.717, 1.165) is 5.56 Å². The van der Waals surface area contributed by atoms with Crippen LogP contribution in [-0.4, -0.2) is 29.9 Å². The number of aromatic hydroxyl groups is 1. The number of carbonyl (C=O) groups excluding carboxylic acids is 1. The van der Waals surface area contributed by atoms with Crippen LogP contribution in [0.4, 0.5) is 0 Å². The molecule has 0 saturated carbocycles. The Bertz CT molecular complexity index is 453. The highest BCUT2D eigenvalue weighted by atomic mass is 16.5. The number of phenols is 1. The first-order chi connectivity index (χ1) is 8.43. The Morgan fingerprint density at radius 1 is 1.39 bits per heavy atom. The molecule has 0 amide bonds. The van der Waals surface area contributed by atoms with Gasteiger partial charge >= 0.3 is 5.97 Å². The number of carbonyl (C=O) groups is 1. The third-order valence-corrected chi connectivity index (χ3v) is 2.87. The van der Waals surface area contributed by atoms with Crippen molar-refractivity contribution >= 4 is 5.97 Å². The summed E-state index contributed by atoms with van der Waals surface area (Å²) in [7, 11) is 1.49. The summed E-state index contributed by atoms with van der Waals surface area (Å²) in [6, 6.07) is 1.44. The Hall–Kier alpha value is -1.75. The summed E-state index contributed by atoms with van der Waals surface area (Å²) < 4.78 is 9.85. The van der Waals surface area contributed by atoms with Crippen LogP contribution in [0.1, 0.15) is 29.7 Å². The second kappa shape index (κ2) is 5.73. The van der Waals surface area contributed by atoms with E-state index in [1.54, 1.807) is 20.8 Å². The molecule has 1 aromatic rings. The van der Waals surface area contributed by atoms with Gasteiger partial charge in [-0.25, -0.2) is 4.79 Å². The van der Waals surface area contributed by atoms with Crippen LogP contribution in [0.3, 0.4) is 0 Å². The molecule has 5 nitrogen and oxygen atoms in total. The van der Waals surface area contributed by atoms with E-state index >= 15 is 0 Å². The number of phenolic OH excluding ortho intramolecular Hbond substituents is 1. The van der Waals surface area contributed by atoms with E-state index < -0.39 is 12.1 Å². The molecule has 0 heterocycles. The summed E-state index contributed by atoms with van der Waals surface area (Å²) >= 11 is 0. The van der Waals surface area contributed by atoms with Crippen molar-refractivity contribution in [3.05, 3.63) is 22.8 Å². The molecule has 5 heteroatoms. The molecule has 0 aliphatic rings. The van der Waals surface area contributed by atoms with E-state index in [0.29, 0.717) is 11.3 Å². The summed E-state index contributed by atoms with van der Waals surface area (Å²) in [6.07, 6.45) is -1.52. The van der Waals surface area contributed by atoms with Crippen LogP contribution in [0.2, 0.25) is 0 Å². The highest BCUT2D eigenvalue weighted by molar-refractivity contribution is 5.78. The molecule has 1 atom stereocenters. The first-order valence-corrected chi connectivity index (χ1v) is 5.65. The average Bonchev–Trinajstić information content (AvgIpc) is 2.36. The van der Waals surface area contributed by atoms with Gasteiger partial charge in [0.2, 0.25) is 0 Å². The number of hydrogen-bond acceptors (Lipinski definition) is 5. The Morgan fingerprint density at radius 3 is 2.50 bits per heavy atom. The standard InChI is InChI=1S/C13H18O5/c1-5-18-13(16)12(15)9-6-10(17-4)7(2)8(3)11(9)14/h6,12,14-15H,5H2,1-4H3. The first-order valence-electron chi connectivity index (χ1n) is 5.65. The van der Waals surface area contributed by atoms with Crippen LogP contribution in [-0.2, 0) is 9.53 Å². The molecule has 1 unspecified atom stereocenters. The Labute approximate surface area is 106 Å². The summed E-state index contributed by atoms with van der Waals surface area (Å²) in [5.41, 5.74) is 1.41. The molecular weight excluding hydrogens is 236 g/mol. The maximum Gasteiger partial charge on any atom is 0.339 e. The predicted molar refractivity (Wildman–Crippen MR) is 65.7 cm³/mol. The highest BCUT2D eigenvalue weighted by Crippen LogP contribution is 2.36. The topological polar surface area (TPSA) is 76.0 Å². The molecule has 18 heavy (non-hydrogen) atoms. The lowest BCUT2D eigenvalue weighted by Gasteiger charge is -2.17. The summed E-state index contributed by atoms with van der Waals surface area (Å²) in [5, 5.41) is 19.8. The lowest BCUT2D eigenvalue weighted by molar-refractivity contribution is -0.153. The molecule has 0 bridgehead atoms. The molecule has 0 radical (unpaired) electrons. The zero-order valence-corrected chi connectivity index (χ0v) is 11.0. The average molecular weight is 254 g/mol. The van der Waals surface area contributed by atoms with Crippen LogP contribution in [0.5, 0.6) is 11.5 Å². The van der Waals surface area contributed by atoms with Crippen molar-refractivity contribution in [2.75, 3.05) is 13.7 Å². The molecule has 100 valence electrons. The van der Waals surface area contributed by atoms with Crippen molar-refractivity contribution < 1.29 is 24.5 Å². The van der Waals surface area contributed by atoms with Gasteiger partial charge in [-0.1, -0.05) is 0 Å². The number of esters is 1. The molecule has 1 rings (SSSR count). The van der Waals surface area contributed by atoms with Crippen molar-refractivity contribution in [1.29, 1.82) is 0 Å². The molecule has 0 fully saturated rings. The van der Waals surface area contributed by atoms with Crippen LogP contribution >= 0.6 is 0 Å². The number of hydrogen-bond donors (Lipinski definition) is 2. The van der Waals surface area contributed by atoms with Crippen LogP contribution in [0, 0.1) is 13.8 Å². The summed E-state index contributed by atoms with van der Waals surface area (Å²) in [6.45, 7) is 5.28. The van der Waals surface area contributed by atoms with E-state index in [2.05, 4.69) is 0 Å². The third-order valence-electron chi connectivity index (χ3n) is 2.87. The van der Waals surface area contributed by atoms with Gasteiger partial charge in [-0.3, -0.25) is 0 Å². The van der Waals surface area contributed by atoms with E-state index in [9.17, 15) is 15.0 Å². The molecule has 0 spiro atoms. The summed E-state index contributed by atoms with van der Waals surface area (Å²) in [4.78, 5) is 11.5. The molecule has 0 aliphatic carbocycles. The SMILES string of the molecule is CCOC(=O)C(O)c1cc(OC)c(C)c(C)c1O. The fourth-order valence-corrected chi connectivity index (χ4v) is 1.67. The van der Waals surface area contributed by atoms with Crippen molar-refractivity contribution in [2.45, 2.75) is 26.9 Å². The first kappa shape index (κ1) is 14.3. The van der Waals surface area contributed by atoms with E-state index in [1.165, 1.54) is 13.2 Å². The van der Waals surface area contributed by atoms with Gasteiger partial charge in [-0.05, 0) is 38.0 Å². The fraction of sp³-hybridized carbons (Fsp3) is 0.462. The molecule has 0 saturated heterocycles. The number of aliphatic hydroxyl groups is 1. The Balaban J connectivity index is 3.24. The second-order valence-corrected chi connectivity index (χ2v) is 3.92. The minimum absolute atomic E-state index is 0.0911. The van der Waals surface area contributed by atoms with Crippen molar-refractivity contribution in [3.8, 4) is 11.5 Å². The second-order valence-electron chi connectivity index (χ2n) is 3.92. The number of benzene rings is 1. The monoisotopic (exact) mass is 254 g/mol. The van der Waals surface area contributed by atoms with E-state index in [4.69, 9.17) is 9.47 Å². The molecule has 0 aromatic heterocycles. The molecule has 2 N–H and O–H groups in total. The number of aliphatic hydroxyl groups excluding tert-OH is 1. The van der Waals surface area contributed by atoms with Crippen molar-refractivity contribution in [1.82, 2.24) is 0 Å². The van der Waals surface area contributed by atoms with E-state index in [-0.39, 0.29) is 17.9 Å². The predicted octanol–water partition coefficient (Wildman–Crippen LogP) is 1.61. The third kappa shape index (κ3) is 2.56. The number of rotatable bonds is 4. The minimum Gasteiger partial charge on any atom is -0.507 e. The van der Waals surface area contributed by atoms with E-state index in [1.807, 2.05) is 0 Å². The molecular formula is C13H18O5. The smallest absolute Gasteiger partial charge is 0.339 e. The number of ether oxygens (including phenoxy) is 2. The molecule has 1 aromatic carbocycles. The normalized spacial score (nSPS) is 12.1. The van der Waals surface area contributed by atoms with Crippen molar-refractivity contribution in [3.63, 3.8) is 0 Å².